The van der Waals surface area contributed by atoms with E-state index in [0.29, 0.717) is 11.4 Å². The lowest BCUT2D eigenvalue weighted by atomic mass is 10.0. The first-order valence-corrected chi connectivity index (χ1v) is 11.7. The lowest BCUT2D eigenvalue weighted by Gasteiger charge is -2.34. The summed E-state index contributed by atoms with van der Waals surface area (Å²) >= 11 is 0. The molecule has 0 fully saturated rings. The number of nitrogens with one attached hydrogen (secondary N) is 3. The van der Waals surface area contributed by atoms with E-state index < -0.39 is 47.3 Å². The molecule has 196 valence electrons. The molecule has 2 aromatic rings. The Morgan fingerprint density at radius 3 is 2.49 bits per heavy atom. The molecule has 0 spiro atoms. The summed E-state index contributed by atoms with van der Waals surface area (Å²) in [6.07, 6.45) is -0.249. The third-order valence-electron chi connectivity index (χ3n) is 5.84. The van der Waals surface area contributed by atoms with E-state index >= 15 is 0 Å². The maximum atomic E-state index is 12.9. The van der Waals surface area contributed by atoms with Gasteiger partial charge in [-0.15, -0.1) is 0 Å². The SMILES string of the molecule is Cc1ccc2c(c1)NC(=O)C(C)(C(=O)N[C@@H](C)C(=O)N[C@H](CCC(=O)OCc1ccccc1)C(N)=O)O2. The molecular formula is C26H30N4O7. The van der Waals surface area contributed by atoms with Crippen molar-refractivity contribution in [2.24, 2.45) is 5.73 Å². The van der Waals surface area contributed by atoms with Crippen LogP contribution < -0.4 is 26.4 Å². The Bertz CT molecular complexity index is 1200. The van der Waals surface area contributed by atoms with Gasteiger partial charge in [0.25, 0.3) is 17.4 Å². The second-order valence-corrected chi connectivity index (χ2v) is 8.93. The van der Waals surface area contributed by atoms with Crippen molar-refractivity contribution in [2.75, 3.05) is 5.32 Å². The number of amides is 4. The maximum Gasteiger partial charge on any atom is 0.306 e. The average molecular weight is 511 g/mol. The highest BCUT2D eigenvalue weighted by atomic mass is 16.5. The van der Waals surface area contributed by atoms with E-state index in [0.717, 1.165) is 11.1 Å². The Labute approximate surface area is 214 Å². The first kappa shape index (κ1) is 27.2. The van der Waals surface area contributed by atoms with Crippen LogP contribution in [-0.2, 0) is 35.3 Å². The van der Waals surface area contributed by atoms with Gasteiger partial charge in [-0.25, -0.2) is 0 Å². The number of nitrogens with two attached hydrogens (primary N) is 1. The zero-order chi connectivity index (χ0) is 27.2. The molecule has 1 aliphatic heterocycles. The summed E-state index contributed by atoms with van der Waals surface area (Å²) in [7, 11) is 0. The van der Waals surface area contributed by atoms with Gasteiger partial charge in [0.05, 0.1) is 5.69 Å². The second-order valence-electron chi connectivity index (χ2n) is 8.93. The van der Waals surface area contributed by atoms with Gasteiger partial charge in [-0.05, 0) is 50.5 Å². The Morgan fingerprint density at radius 1 is 1.11 bits per heavy atom. The summed E-state index contributed by atoms with van der Waals surface area (Å²) < 4.78 is 10.9. The number of carbonyl (C=O) groups excluding carboxylic acids is 5. The maximum absolute atomic E-state index is 12.9. The molecule has 1 heterocycles. The van der Waals surface area contributed by atoms with E-state index in [4.69, 9.17) is 15.2 Å². The van der Waals surface area contributed by atoms with Crippen LogP contribution in [0.4, 0.5) is 5.69 Å². The van der Waals surface area contributed by atoms with Crippen LogP contribution in [0.3, 0.4) is 0 Å². The lowest BCUT2D eigenvalue weighted by Crippen LogP contribution is -2.62. The van der Waals surface area contributed by atoms with E-state index in [9.17, 15) is 24.0 Å². The standard InChI is InChI=1S/C26H30N4O7/c1-15-9-11-20-19(13-15)30-25(35)26(3,37-20)24(34)28-16(2)23(33)29-18(22(27)32)10-12-21(31)36-14-17-7-5-4-6-8-17/h4-9,11,13,16,18H,10,12,14H2,1-3H3,(H2,27,32)(H,28,34)(H,29,33)(H,30,35)/t16-,18+,26?/m0/s1. The molecule has 0 aliphatic carbocycles. The van der Waals surface area contributed by atoms with Crippen LogP contribution in [0, 0.1) is 6.92 Å². The van der Waals surface area contributed by atoms with E-state index in [1.807, 2.05) is 25.1 Å². The summed E-state index contributed by atoms with van der Waals surface area (Å²) in [5.41, 5.74) is 5.60. The first-order valence-electron chi connectivity index (χ1n) is 11.7. The molecular weight excluding hydrogens is 480 g/mol. The minimum absolute atomic E-state index is 0.0782. The minimum atomic E-state index is -1.93. The van der Waals surface area contributed by atoms with E-state index in [1.165, 1.54) is 13.8 Å². The third kappa shape index (κ3) is 6.84. The van der Waals surface area contributed by atoms with Gasteiger partial charge in [-0.3, -0.25) is 24.0 Å². The van der Waals surface area contributed by atoms with Gasteiger partial charge < -0.3 is 31.2 Å². The van der Waals surface area contributed by atoms with Crippen molar-refractivity contribution in [3.05, 3.63) is 59.7 Å². The molecule has 11 heteroatoms. The average Bonchev–Trinajstić information content (AvgIpc) is 2.86. The summed E-state index contributed by atoms with van der Waals surface area (Å²) in [6, 6.07) is 11.9. The predicted molar refractivity (Wildman–Crippen MR) is 133 cm³/mol. The van der Waals surface area contributed by atoms with Crippen molar-refractivity contribution in [1.82, 2.24) is 10.6 Å². The number of primary amides is 1. The van der Waals surface area contributed by atoms with Crippen LogP contribution in [0.15, 0.2) is 48.5 Å². The number of carbonyl (C=O) groups is 5. The predicted octanol–water partition coefficient (Wildman–Crippen LogP) is 1.08. The Kier molecular flexibility index (Phi) is 8.49. The van der Waals surface area contributed by atoms with Gasteiger partial charge in [0.15, 0.2) is 0 Å². The number of hydrogen-bond acceptors (Lipinski definition) is 7. The lowest BCUT2D eigenvalue weighted by molar-refractivity contribution is -0.148. The number of hydrogen-bond donors (Lipinski definition) is 4. The van der Waals surface area contributed by atoms with Gasteiger partial charge in [-0.1, -0.05) is 36.4 Å². The molecule has 1 unspecified atom stereocenters. The Hall–Kier alpha value is -4.41. The van der Waals surface area contributed by atoms with Gasteiger partial charge in [0.2, 0.25) is 11.8 Å². The fourth-order valence-corrected chi connectivity index (χ4v) is 3.54. The Balaban J connectivity index is 1.53. The van der Waals surface area contributed by atoms with Gasteiger partial charge in [0, 0.05) is 6.42 Å². The summed E-state index contributed by atoms with van der Waals surface area (Å²) in [4.78, 5) is 62.1. The monoisotopic (exact) mass is 510 g/mol. The zero-order valence-corrected chi connectivity index (χ0v) is 20.8. The summed E-state index contributed by atoms with van der Waals surface area (Å²) in [5, 5.41) is 7.49. The van der Waals surface area contributed by atoms with Crippen molar-refractivity contribution in [2.45, 2.75) is 57.9 Å². The largest absolute Gasteiger partial charge is 0.466 e. The van der Waals surface area contributed by atoms with Crippen LogP contribution in [0.2, 0.25) is 0 Å². The van der Waals surface area contributed by atoms with Crippen LogP contribution in [-0.4, -0.2) is 47.3 Å². The smallest absolute Gasteiger partial charge is 0.306 e. The fraction of sp³-hybridized carbons (Fsp3) is 0.346. The third-order valence-corrected chi connectivity index (χ3v) is 5.84. The number of fused-ring (bicyclic) bond motifs is 1. The van der Waals surface area contributed by atoms with E-state index in [-0.39, 0.29) is 19.4 Å². The highest BCUT2D eigenvalue weighted by Gasteiger charge is 2.48. The van der Waals surface area contributed by atoms with Gasteiger partial charge in [-0.2, -0.15) is 0 Å². The number of aryl methyl sites for hydroxylation is 1. The molecule has 5 N–H and O–H groups in total. The molecule has 0 saturated heterocycles. The van der Waals surface area contributed by atoms with Gasteiger partial charge >= 0.3 is 5.97 Å². The molecule has 1 aliphatic rings. The molecule has 3 rings (SSSR count). The van der Waals surface area contributed by atoms with Crippen molar-refractivity contribution in [3.63, 3.8) is 0 Å². The molecule has 2 aromatic carbocycles. The van der Waals surface area contributed by atoms with Crippen LogP contribution in [0.5, 0.6) is 5.75 Å². The van der Waals surface area contributed by atoms with Crippen molar-refractivity contribution in [1.29, 1.82) is 0 Å². The van der Waals surface area contributed by atoms with Crippen LogP contribution >= 0.6 is 0 Å². The molecule has 0 radical (unpaired) electrons. The van der Waals surface area contributed by atoms with Crippen LogP contribution in [0.1, 0.15) is 37.8 Å². The van der Waals surface area contributed by atoms with E-state index in [2.05, 4.69) is 16.0 Å². The summed E-state index contributed by atoms with van der Waals surface area (Å²) in [5.74, 6) is -3.37. The Morgan fingerprint density at radius 2 is 1.81 bits per heavy atom. The minimum Gasteiger partial charge on any atom is -0.466 e. The number of benzene rings is 2. The first-order chi connectivity index (χ1) is 17.5. The molecule has 4 amide bonds. The number of anilines is 1. The highest BCUT2D eigenvalue weighted by molar-refractivity contribution is 6.16. The highest BCUT2D eigenvalue weighted by Crippen LogP contribution is 2.34. The quantitative estimate of drug-likeness (QED) is 0.274. The molecule has 3 atom stereocenters. The summed E-state index contributed by atoms with van der Waals surface area (Å²) in [6.45, 7) is 4.59. The topological polar surface area (TPSA) is 166 Å². The van der Waals surface area contributed by atoms with Gasteiger partial charge in [0.1, 0.15) is 24.4 Å². The number of esters is 1. The normalized spacial score (nSPS) is 17.8. The van der Waals surface area contributed by atoms with E-state index in [1.54, 1.807) is 30.3 Å². The van der Waals surface area contributed by atoms with Crippen molar-refractivity contribution in [3.8, 4) is 5.75 Å². The molecule has 0 saturated carbocycles. The van der Waals surface area contributed by atoms with Crippen LogP contribution in [0.25, 0.3) is 0 Å². The molecule has 0 bridgehead atoms. The number of ether oxygens (including phenoxy) is 2. The van der Waals surface area contributed by atoms with Crippen molar-refractivity contribution < 1.29 is 33.4 Å². The fourth-order valence-electron chi connectivity index (χ4n) is 3.54. The molecule has 11 nitrogen and oxygen atoms in total. The second kappa shape index (κ2) is 11.5. The molecule has 0 aromatic heterocycles. The number of rotatable bonds is 10. The van der Waals surface area contributed by atoms with Crippen molar-refractivity contribution >= 4 is 35.3 Å². The zero-order valence-electron chi connectivity index (χ0n) is 20.8. The molecule has 37 heavy (non-hydrogen) atoms.